The minimum absolute atomic E-state index is 0.523. The quantitative estimate of drug-likeness (QED) is 0.855. The van der Waals surface area contributed by atoms with Gasteiger partial charge in [0.15, 0.2) is 0 Å². The van der Waals surface area contributed by atoms with Gasteiger partial charge < -0.3 is 5.32 Å². The predicted molar refractivity (Wildman–Crippen MR) is 73.5 cm³/mol. The molecule has 0 bridgehead atoms. The SMILES string of the molecule is CCCNC(CC)Cc1ncnc2ccsc12. The highest BCUT2D eigenvalue weighted by atomic mass is 32.1. The number of hydrogen-bond donors (Lipinski definition) is 1. The van der Waals surface area contributed by atoms with Crippen LogP contribution in [0.2, 0.25) is 0 Å². The van der Waals surface area contributed by atoms with Crippen molar-refractivity contribution in [1.29, 1.82) is 0 Å². The summed E-state index contributed by atoms with van der Waals surface area (Å²) in [4.78, 5) is 8.71. The number of nitrogens with one attached hydrogen (secondary N) is 1. The van der Waals surface area contributed by atoms with E-state index < -0.39 is 0 Å². The van der Waals surface area contributed by atoms with E-state index in [-0.39, 0.29) is 0 Å². The van der Waals surface area contributed by atoms with Crippen molar-refractivity contribution in [2.45, 2.75) is 39.2 Å². The highest BCUT2D eigenvalue weighted by Crippen LogP contribution is 2.22. The summed E-state index contributed by atoms with van der Waals surface area (Å²) < 4.78 is 1.24. The molecule has 0 aliphatic heterocycles. The van der Waals surface area contributed by atoms with Gasteiger partial charge in [0.25, 0.3) is 0 Å². The maximum Gasteiger partial charge on any atom is 0.116 e. The van der Waals surface area contributed by atoms with Crippen LogP contribution in [0, 0.1) is 0 Å². The standard InChI is InChI=1S/C13H19N3S/c1-3-6-14-10(4-2)8-12-13-11(5-7-17-13)15-9-16-12/h5,7,9-10,14H,3-4,6,8H2,1-2H3. The van der Waals surface area contributed by atoms with Gasteiger partial charge in [-0.2, -0.15) is 0 Å². The second-order valence-electron chi connectivity index (χ2n) is 4.22. The van der Waals surface area contributed by atoms with Crippen molar-refractivity contribution in [2.24, 2.45) is 0 Å². The average Bonchev–Trinajstić information content (AvgIpc) is 2.83. The number of rotatable bonds is 6. The summed E-state index contributed by atoms with van der Waals surface area (Å²) in [6.07, 6.45) is 4.98. The molecule has 1 atom stereocenters. The molecule has 0 aromatic carbocycles. The Kier molecular flexibility index (Phi) is 4.45. The van der Waals surface area contributed by atoms with Crippen LogP contribution in [-0.2, 0) is 6.42 Å². The Morgan fingerprint density at radius 3 is 3.00 bits per heavy atom. The molecule has 3 nitrogen and oxygen atoms in total. The molecule has 1 N–H and O–H groups in total. The fourth-order valence-electron chi connectivity index (χ4n) is 1.93. The number of hydrogen-bond acceptors (Lipinski definition) is 4. The molecule has 2 aromatic heterocycles. The number of thiophene rings is 1. The highest BCUT2D eigenvalue weighted by molar-refractivity contribution is 7.17. The molecule has 2 aromatic rings. The van der Waals surface area contributed by atoms with Gasteiger partial charge in [0.1, 0.15) is 6.33 Å². The molecule has 0 amide bonds. The van der Waals surface area contributed by atoms with Crippen LogP contribution in [0.3, 0.4) is 0 Å². The van der Waals surface area contributed by atoms with Crippen molar-refractivity contribution in [3.8, 4) is 0 Å². The third-order valence-corrected chi connectivity index (χ3v) is 3.89. The van der Waals surface area contributed by atoms with Crippen LogP contribution in [0.4, 0.5) is 0 Å². The van der Waals surface area contributed by atoms with Gasteiger partial charge >= 0.3 is 0 Å². The lowest BCUT2D eigenvalue weighted by atomic mass is 10.1. The zero-order chi connectivity index (χ0) is 12.1. The Hall–Kier alpha value is -1.000. The number of fused-ring (bicyclic) bond motifs is 1. The molecule has 0 radical (unpaired) electrons. The van der Waals surface area contributed by atoms with E-state index in [9.17, 15) is 0 Å². The van der Waals surface area contributed by atoms with E-state index >= 15 is 0 Å². The molecule has 0 saturated carbocycles. The zero-order valence-electron chi connectivity index (χ0n) is 10.4. The maximum atomic E-state index is 4.43. The first-order chi connectivity index (χ1) is 8.35. The van der Waals surface area contributed by atoms with Gasteiger partial charge in [-0.3, -0.25) is 0 Å². The van der Waals surface area contributed by atoms with Crippen molar-refractivity contribution in [3.63, 3.8) is 0 Å². The van der Waals surface area contributed by atoms with E-state index in [1.807, 2.05) is 0 Å². The van der Waals surface area contributed by atoms with Gasteiger partial charge in [0, 0.05) is 12.5 Å². The molecule has 1 unspecified atom stereocenters. The first-order valence-corrected chi connectivity index (χ1v) is 7.13. The van der Waals surface area contributed by atoms with Crippen molar-refractivity contribution < 1.29 is 0 Å². The Balaban J connectivity index is 2.13. The van der Waals surface area contributed by atoms with E-state index in [1.54, 1.807) is 17.7 Å². The van der Waals surface area contributed by atoms with Crippen LogP contribution in [0.5, 0.6) is 0 Å². The average molecular weight is 249 g/mol. The largest absolute Gasteiger partial charge is 0.314 e. The molecule has 0 spiro atoms. The third kappa shape index (κ3) is 3.01. The van der Waals surface area contributed by atoms with E-state index in [4.69, 9.17) is 0 Å². The lowest BCUT2D eigenvalue weighted by Crippen LogP contribution is -2.31. The Labute approximate surface area is 106 Å². The zero-order valence-corrected chi connectivity index (χ0v) is 11.3. The molecule has 2 heterocycles. The van der Waals surface area contributed by atoms with Crippen molar-refractivity contribution in [2.75, 3.05) is 6.54 Å². The number of nitrogens with zero attached hydrogens (tertiary/aromatic N) is 2. The minimum Gasteiger partial charge on any atom is -0.314 e. The maximum absolute atomic E-state index is 4.43. The monoisotopic (exact) mass is 249 g/mol. The normalized spacial score (nSPS) is 13.1. The molecule has 17 heavy (non-hydrogen) atoms. The first kappa shape index (κ1) is 12.5. The summed E-state index contributed by atoms with van der Waals surface area (Å²) in [7, 11) is 0. The van der Waals surface area contributed by atoms with Crippen LogP contribution in [0.25, 0.3) is 10.2 Å². The molecule has 0 aliphatic carbocycles. The second-order valence-corrected chi connectivity index (χ2v) is 5.13. The Bertz CT molecular complexity index is 466. The van der Waals surface area contributed by atoms with E-state index in [2.05, 4.69) is 40.6 Å². The van der Waals surface area contributed by atoms with Gasteiger partial charge in [-0.1, -0.05) is 13.8 Å². The fourth-order valence-corrected chi connectivity index (χ4v) is 2.77. The van der Waals surface area contributed by atoms with Crippen molar-refractivity contribution in [3.05, 3.63) is 23.5 Å². The van der Waals surface area contributed by atoms with Gasteiger partial charge in [0.05, 0.1) is 15.9 Å². The summed E-state index contributed by atoms with van der Waals surface area (Å²) in [5.41, 5.74) is 2.26. The smallest absolute Gasteiger partial charge is 0.116 e. The van der Waals surface area contributed by atoms with Gasteiger partial charge in [-0.05, 0) is 30.8 Å². The molecular weight excluding hydrogens is 230 g/mol. The topological polar surface area (TPSA) is 37.8 Å². The van der Waals surface area contributed by atoms with Gasteiger partial charge in [0.2, 0.25) is 0 Å². The number of aromatic nitrogens is 2. The van der Waals surface area contributed by atoms with E-state index in [1.165, 1.54) is 16.8 Å². The van der Waals surface area contributed by atoms with Crippen LogP contribution < -0.4 is 5.32 Å². The van der Waals surface area contributed by atoms with Crippen LogP contribution in [0.1, 0.15) is 32.4 Å². The first-order valence-electron chi connectivity index (χ1n) is 6.25. The molecule has 0 fully saturated rings. The summed E-state index contributed by atoms with van der Waals surface area (Å²) in [6, 6.07) is 2.58. The van der Waals surface area contributed by atoms with Crippen LogP contribution in [-0.4, -0.2) is 22.6 Å². The second kappa shape index (κ2) is 6.07. The lowest BCUT2D eigenvalue weighted by Gasteiger charge is -2.16. The Morgan fingerprint density at radius 1 is 1.35 bits per heavy atom. The summed E-state index contributed by atoms with van der Waals surface area (Å²) in [6.45, 7) is 5.50. The molecule has 0 saturated heterocycles. The summed E-state index contributed by atoms with van der Waals surface area (Å²) >= 11 is 1.74. The molecule has 92 valence electrons. The van der Waals surface area contributed by atoms with Crippen LogP contribution in [0.15, 0.2) is 17.8 Å². The third-order valence-electron chi connectivity index (χ3n) is 2.93. The molecule has 2 rings (SSSR count). The summed E-state index contributed by atoms with van der Waals surface area (Å²) in [5, 5.41) is 5.66. The van der Waals surface area contributed by atoms with Crippen molar-refractivity contribution in [1.82, 2.24) is 15.3 Å². The van der Waals surface area contributed by atoms with Gasteiger partial charge in [-0.15, -0.1) is 11.3 Å². The van der Waals surface area contributed by atoms with E-state index in [0.717, 1.165) is 24.9 Å². The molecule has 0 aliphatic rings. The van der Waals surface area contributed by atoms with Gasteiger partial charge in [-0.25, -0.2) is 9.97 Å². The summed E-state index contributed by atoms with van der Waals surface area (Å²) in [5.74, 6) is 0. The predicted octanol–water partition coefficient (Wildman–Crippen LogP) is 3.01. The highest BCUT2D eigenvalue weighted by Gasteiger charge is 2.11. The van der Waals surface area contributed by atoms with E-state index in [0.29, 0.717) is 6.04 Å². The minimum atomic E-state index is 0.523. The molecular formula is C13H19N3S. The molecule has 4 heteroatoms. The van der Waals surface area contributed by atoms with Crippen molar-refractivity contribution >= 4 is 21.6 Å². The fraction of sp³-hybridized carbons (Fsp3) is 0.538. The Morgan fingerprint density at radius 2 is 2.24 bits per heavy atom. The van der Waals surface area contributed by atoms with Crippen LogP contribution >= 0.6 is 11.3 Å². The lowest BCUT2D eigenvalue weighted by molar-refractivity contribution is 0.492.